The van der Waals surface area contributed by atoms with Gasteiger partial charge < -0.3 is 4.74 Å². The van der Waals surface area contributed by atoms with Gasteiger partial charge in [0.15, 0.2) is 17.5 Å². The van der Waals surface area contributed by atoms with Crippen LogP contribution in [0, 0.1) is 11.3 Å². The molecule has 0 bridgehead atoms. The van der Waals surface area contributed by atoms with Crippen molar-refractivity contribution in [3.63, 3.8) is 0 Å². The van der Waals surface area contributed by atoms with E-state index in [-0.39, 0.29) is 0 Å². The lowest BCUT2D eigenvalue weighted by atomic mass is 9.65. The van der Waals surface area contributed by atoms with E-state index in [1.54, 1.807) is 0 Å². The number of aromatic nitrogens is 3. The lowest BCUT2D eigenvalue weighted by Gasteiger charge is -2.39. The topological polar surface area (TPSA) is 71.7 Å². The molecule has 0 saturated heterocycles. The molecule has 0 N–H and O–H groups in total. The lowest BCUT2D eigenvalue weighted by Crippen LogP contribution is -2.32. The molecule has 1 aliphatic carbocycles. The van der Waals surface area contributed by atoms with Crippen molar-refractivity contribution in [2.45, 2.75) is 5.41 Å². The summed E-state index contributed by atoms with van der Waals surface area (Å²) in [5.74, 6) is 3.44. The molecule has 0 fully saturated rings. The van der Waals surface area contributed by atoms with E-state index in [9.17, 15) is 5.26 Å². The highest BCUT2D eigenvalue weighted by Gasteiger charge is 2.51. The van der Waals surface area contributed by atoms with E-state index in [2.05, 4.69) is 97.1 Å². The number of hydrogen-bond donors (Lipinski definition) is 0. The van der Waals surface area contributed by atoms with Crippen molar-refractivity contribution in [3.05, 3.63) is 210 Å². The van der Waals surface area contributed by atoms with Crippen LogP contribution in [0.4, 0.5) is 0 Å². The molecule has 1 aliphatic heterocycles. The first-order valence-electron chi connectivity index (χ1n) is 18.7. The molecule has 5 heteroatoms. The molecule has 1 spiro atoms. The molecule has 5 nitrogen and oxygen atoms in total. The molecule has 56 heavy (non-hydrogen) atoms. The molecule has 0 saturated carbocycles. The fourth-order valence-electron chi connectivity index (χ4n) is 8.80. The SMILES string of the molecule is N#Cc1ccc2c(c1)C1(c3ccccc3O2)c2ccccc2-c2c1cc(-c1ccc(-c3nc(-c4ccccc4)nc(-c4ccccc4)n3)cc1)c1ccccc21. The second-order valence-electron chi connectivity index (χ2n) is 14.2. The minimum Gasteiger partial charge on any atom is -0.457 e. The molecule has 0 amide bonds. The van der Waals surface area contributed by atoms with Gasteiger partial charge in [0, 0.05) is 27.8 Å². The number of nitrogens with zero attached hydrogens (tertiary/aromatic N) is 4. The summed E-state index contributed by atoms with van der Waals surface area (Å²) in [6.07, 6.45) is 0. The van der Waals surface area contributed by atoms with Crippen LogP contribution in [0.1, 0.15) is 27.8 Å². The van der Waals surface area contributed by atoms with Crippen LogP contribution < -0.4 is 4.74 Å². The van der Waals surface area contributed by atoms with Crippen LogP contribution >= 0.6 is 0 Å². The normalized spacial score (nSPS) is 14.6. The Labute approximate surface area is 323 Å². The van der Waals surface area contributed by atoms with Gasteiger partial charge in [-0.25, -0.2) is 15.0 Å². The second kappa shape index (κ2) is 12.4. The number of fused-ring (bicyclic) bond motifs is 11. The Kier molecular flexibility index (Phi) is 7.07. The average molecular weight is 715 g/mol. The summed E-state index contributed by atoms with van der Waals surface area (Å²) in [7, 11) is 0. The molecular weight excluding hydrogens is 685 g/mol. The Hall–Kier alpha value is -7.68. The molecule has 8 aromatic carbocycles. The van der Waals surface area contributed by atoms with Gasteiger partial charge in [0.2, 0.25) is 0 Å². The Balaban J connectivity index is 1.13. The molecule has 1 atom stereocenters. The Morgan fingerprint density at radius 3 is 1.62 bits per heavy atom. The summed E-state index contributed by atoms with van der Waals surface area (Å²) in [5.41, 5.74) is 11.6. The molecular formula is C51H30N4O. The van der Waals surface area contributed by atoms with Gasteiger partial charge in [-0.15, -0.1) is 0 Å². The molecule has 0 radical (unpaired) electrons. The van der Waals surface area contributed by atoms with Crippen LogP contribution in [0.25, 0.3) is 67.2 Å². The summed E-state index contributed by atoms with van der Waals surface area (Å²) >= 11 is 0. The van der Waals surface area contributed by atoms with Gasteiger partial charge in [-0.05, 0) is 74.5 Å². The van der Waals surface area contributed by atoms with E-state index in [1.165, 1.54) is 27.6 Å². The first kappa shape index (κ1) is 31.8. The third kappa shape index (κ3) is 4.70. The maximum Gasteiger partial charge on any atom is 0.164 e. The largest absolute Gasteiger partial charge is 0.457 e. The number of hydrogen-bond acceptors (Lipinski definition) is 5. The van der Waals surface area contributed by atoms with Crippen molar-refractivity contribution in [1.82, 2.24) is 15.0 Å². The molecule has 1 aromatic heterocycles. The maximum atomic E-state index is 10.1. The molecule has 260 valence electrons. The number of rotatable bonds is 4. The van der Waals surface area contributed by atoms with Gasteiger partial charge in [0.05, 0.1) is 17.0 Å². The van der Waals surface area contributed by atoms with Crippen LogP contribution in [-0.4, -0.2) is 15.0 Å². The van der Waals surface area contributed by atoms with E-state index in [1.807, 2.05) is 91.0 Å². The van der Waals surface area contributed by atoms with Crippen LogP contribution in [0.5, 0.6) is 11.5 Å². The van der Waals surface area contributed by atoms with Crippen LogP contribution in [0.2, 0.25) is 0 Å². The van der Waals surface area contributed by atoms with E-state index in [0.717, 1.165) is 55.8 Å². The number of ether oxygens (including phenoxy) is 1. The van der Waals surface area contributed by atoms with Crippen LogP contribution in [-0.2, 0) is 5.41 Å². The van der Waals surface area contributed by atoms with E-state index in [0.29, 0.717) is 23.0 Å². The van der Waals surface area contributed by atoms with Gasteiger partial charge >= 0.3 is 0 Å². The second-order valence-corrected chi connectivity index (χ2v) is 14.2. The van der Waals surface area contributed by atoms with Crippen molar-refractivity contribution < 1.29 is 4.74 Å². The van der Waals surface area contributed by atoms with E-state index in [4.69, 9.17) is 19.7 Å². The van der Waals surface area contributed by atoms with Gasteiger partial charge in [-0.1, -0.05) is 152 Å². The van der Waals surface area contributed by atoms with E-state index >= 15 is 0 Å². The number of nitriles is 1. The Morgan fingerprint density at radius 1 is 0.411 bits per heavy atom. The highest BCUT2D eigenvalue weighted by molar-refractivity contribution is 6.10. The lowest BCUT2D eigenvalue weighted by molar-refractivity contribution is 0.436. The Morgan fingerprint density at radius 2 is 0.946 bits per heavy atom. The summed E-state index contributed by atoms with van der Waals surface area (Å²) < 4.78 is 6.60. The summed E-state index contributed by atoms with van der Waals surface area (Å²) in [6.45, 7) is 0. The number of para-hydroxylation sites is 1. The van der Waals surface area contributed by atoms with Gasteiger partial charge in [-0.2, -0.15) is 5.26 Å². The van der Waals surface area contributed by atoms with Crippen molar-refractivity contribution in [2.75, 3.05) is 0 Å². The fourth-order valence-corrected chi connectivity index (χ4v) is 8.80. The first-order chi connectivity index (χ1) is 27.7. The summed E-state index contributed by atoms with van der Waals surface area (Å²) in [6, 6.07) is 65.0. The molecule has 1 unspecified atom stereocenters. The van der Waals surface area contributed by atoms with Gasteiger partial charge in [0.1, 0.15) is 11.5 Å². The molecule has 9 aromatic rings. The monoisotopic (exact) mass is 714 g/mol. The fraction of sp³-hybridized carbons (Fsp3) is 0.0196. The molecule has 2 heterocycles. The minimum absolute atomic E-state index is 0.595. The third-order valence-corrected chi connectivity index (χ3v) is 11.2. The summed E-state index contributed by atoms with van der Waals surface area (Å²) in [4.78, 5) is 14.8. The minimum atomic E-state index is -0.714. The Bertz CT molecular complexity index is 3000. The van der Waals surface area contributed by atoms with Gasteiger partial charge in [-0.3, -0.25) is 0 Å². The highest BCUT2D eigenvalue weighted by atomic mass is 16.5. The van der Waals surface area contributed by atoms with Crippen LogP contribution in [0.3, 0.4) is 0 Å². The maximum absolute atomic E-state index is 10.1. The third-order valence-electron chi connectivity index (χ3n) is 11.2. The van der Waals surface area contributed by atoms with Crippen molar-refractivity contribution in [3.8, 4) is 74.0 Å². The predicted octanol–water partition coefficient (Wildman–Crippen LogP) is 12.0. The van der Waals surface area contributed by atoms with Crippen molar-refractivity contribution in [2.24, 2.45) is 0 Å². The zero-order valence-electron chi connectivity index (χ0n) is 30.0. The summed E-state index contributed by atoms with van der Waals surface area (Å²) in [5, 5.41) is 12.5. The zero-order valence-corrected chi connectivity index (χ0v) is 30.0. The average Bonchev–Trinajstić information content (AvgIpc) is 3.57. The van der Waals surface area contributed by atoms with Gasteiger partial charge in [0.25, 0.3) is 0 Å². The molecule has 11 rings (SSSR count). The van der Waals surface area contributed by atoms with Crippen molar-refractivity contribution >= 4 is 10.8 Å². The number of benzene rings is 8. The van der Waals surface area contributed by atoms with Crippen LogP contribution in [0.15, 0.2) is 182 Å². The van der Waals surface area contributed by atoms with E-state index < -0.39 is 5.41 Å². The molecule has 2 aliphatic rings. The quantitative estimate of drug-likeness (QED) is 0.181. The standard InChI is InChI=1S/C51H30N4O/c52-31-32-23-28-46-43(29-32)51(42-21-11-12-22-45(42)56-46)41-20-10-9-19-39(41)47-38-18-8-7-17-37(38)40(30-44(47)51)33-24-26-36(27-25-33)50-54-48(34-13-3-1-4-14-34)53-49(55-50)35-15-5-2-6-16-35/h1-30H. The zero-order chi connectivity index (χ0) is 37.2. The first-order valence-corrected chi connectivity index (χ1v) is 18.7. The van der Waals surface area contributed by atoms with Crippen molar-refractivity contribution in [1.29, 1.82) is 5.26 Å². The smallest absolute Gasteiger partial charge is 0.164 e. The highest BCUT2D eigenvalue weighted by Crippen LogP contribution is 2.63. The predicted molar refractivity (Wildman–Crippen MR) is 221 cm³/mol.